The predicted octanol–water partition coefficient (Wildman–Crippen LogP) is 2.35. The maximum absolute atomic E-state index is 7.61. The Kier molecular flexibility index (Phi) is 18.3. The van der Waals surface area contributed by atoms with Gasteiger partial charge in [0.15, 0.2) is 0 Å². The standard InChI is InChI=1S/C4H10.C2N2O2S/c1-3-4-2;3-1-5-7-6-2-4/h3-4H2,1-2H3;. The van der Waals surface area contributed by atoms with Gasteiger partial charge in [-0.15, -0.1) is 10.5 Å². The van der Waals surface area contributed by atoms with Crippen LogP contribution in [-0.4, -0.2) is 0 Å². The molecule has 0 radical (unpaired) electrons. The molecule has 0 rings (SSSR count). The maximum Gasteiger partial charge on any atom is 0.316 e. The summed E-state index contributed by atoms with van der Waals surface area (Å²) in [5, 5.41) is 15.2. The molecule has 11 heavy (non-hydrogen) atoms. The topological polar surface area (TPSA) is 66.0 Å². The lowest BCUT2D eigenvalue weighted by molar-refractivity contribution is 0.485. The lowest BCUT2D eigenvalue weighted by atomic mass is 10.4. The van der Waals surface area contributed by atoms with Gasteiger partial charge in [-0.2, -0.15) is 0 Å². The van der Waals surface area contributed by atoms with Crippen LogP contribution in [0.25, 0.3) is 0 Å². The Hall–Kier alpha value is -1.07. The second-order valence-corrected chi connectivity index (χ2v) is 1.89. The van der Waals surface area contributed by atoms with Crippen molar-refractivity contribution in [2.45, 2.75) is 26.7 Å². The summed E-state index contributed by atoms with van der Waals surface area (Å²) in [7, 11) is 0. The number of nitriles is 2. The molecule has 0 amide bonds. The van der Waals surface area contributed by atoms with Crippen LogP contribution in [-0.2, 0) is 8.37 Å². The van der Waals surface area contributed by atoms with E-state index in [1.54, 1.807) is 0 Å². The van der Waals surface area contributed by atoms with Gasteiger partial charge in [0.1, 0.15) is 0 Å². The number of nitrogens with zero attached hydrogens (tertiary/aromatic N) is 2. The van der Waals surface area contributed by atoms with Crippen molar-refractivity contribution in [3.8, 4) is 12.5 Å². The van der Waals surface area contributed by atoms with Gasteiger partial charge in [0.05, 0.1) is 0 Å². The largest absolute Gasteiger partial charge is 0.316 e. The Morgan fingerprint density at radius 2 is 1.45 bits per heavy atom. The molecule has 0 saturated heterocycles. The highest BCUT2D eigenvalue weighted by Gasteiger charge is 1.80. The fourth-order valence-corrected chi connectivity index (χ4v) is 0.142. The van der Waals surface area contributed by atoms with Crippen molar-refractivity contribution in [2.75, 3.05) is 0 Å². The minimum absolute atomic E-state index is 0.331. The Morgan fingerprint density at radius 1 is 1.09 bits per heavy atom. The average Bonchev–Trinajstić information content (AvgIpc) is 2.06. The van der Waals surface area contributed by atoms with Crippen molar-refractivity contribution in [1.29, 1.82) is 10.5 Å². The quantitative estimate of drug-likeness (QED) is 0.373. The maximum atomic E-state index is 7.61. The van der Waals surface area contributed by atoms with Crippen LogP contribution in [0.2, 0.25) is 0 Å². The Labute approximate surface area is 71.1 Å². The molecule has 0 aliphatic carbocycles. The van der Waals surface area contributed by atoms with Crippen LogP contribution in [0.5, 0.6) is 0 Å². The molecule has 0 aromatic heterocycles. The first-order valence-electron chi connectivity index (χ1n) is 3.10. The van der Waals surface area contributed by atoms with E-state index in [2.05, 4.69) is 22.2 Å². The van der Waals surface area contributed by atoms with E-state index in [0.29, 0.717) is 12.3 Å². The van der Waals surface area contributed by atoms with Crippen molar-refractivity contribution < 1.29 is 8.37 Å². The highest BCUT2D eigenvalue weighted by Crippen LogP contribution is 1.98. The zero-order chi connectivity index (χ0) is 8.95. The van der Waals surface area contributed by atoms with Crippen LogP contribution in [0.4, 0.5) is 0 Å². The summed E-state index contributed by atoms with van der Waals surface area (Å²) >= 11 is 0.331. The Bertz CT molecular complexity index is 122. The van der Waals surface area contributed by atoms with Gasteiger partial charge in [-0.05, 0) is 0 Å². The van der Waals surface area contributed by atoms with E-state index >= 15 is 0 Å². The van der Waals surface area contributed by atoms with E-state index in [9.17, 15) is 0 Å². The van der Waals surface area contributed by atoms with Crippen molar-refractivity contribution in [2.24, 2.45) is 0 Å². The van der Waals surface area contributed by atoms with Gasteiger partial charge in [0.25, 0.3) is 0 Å². The fourth-order valence-electron chi connectivity index (χ4n) is 0.0474. The SMILES string of the molecule is CCCC.N#COSOC#N. The van der Waals surface area contributed by atoms with E-state index in [-0.39, 0.29) is 0 Å². The zero-order valence-electron chi connectivity index (χ0n) is 6.53. The lowest BCUT2D eigenvalue weighted by Crippen LogP contribution is -1.64. The first-order chi connectivity index (χ1) is 5.33. The van der Waals surface area contributed by atoms with Crippen LogP contribution in [0.3, 0.4) is 0 Å². The van der Waals surface area contributed by atoms with Crippen LogP contribution < -0.4 is 0 Å². The smallest absolute Gasteiger partial charge is 0.311 e. The Balaban J connectivity index is 0. The molecule has 0 atom stereocenters. The van der Waals surface area contributed by atoms with Gasteiger partial charge in [0.2, 0.25) is 0 Å². The third-order valence-corrected chi connectivity index (χ3v) is 0.928. The van der Waals surface area contributed by atoms with Gasteiger partial charge in [-0.1, -0.05) is 26.7 Å². The lowest BCUT2D eigenvalue weighted by Gasteiger charge is -1.79. The molecule has 0 fully saturated rings. The molecule has 0 aromatic rings. The van der Waals surface area contributed by atoms with Gasteiger partial charge in [0, 0.05) is 0 Å². The molecular weight excluding hydrogens is 164 g/mol. The molecule has 0 saturated carbocycles. The third kappa shape index (κ3) is 27.8. The normalized spacial score (nSPS) is 6.18. The van der Waals surface area contributed by atoms with Crippen LogP contribution >= 0.6 is 12.3 Å². The van der Waals surface area contributed by atoms with Crippen LogP contribution in [0.1, 0.15) is 26.7 Å². The molecule has 0 aromatic carbocycles. The zero-order valence-corrected chi connectivity index (χ0v) is 7.35. The number of rotatable bonds is 3. The number of unbranched alkanes of at least 4 members (excludes halogenated alkanes) is 1. The summed E-state index contributed by atoms with van der Waals surface area (Å²) < 4.78 is 7.70. The van der Waals surface area contributed by atoms with Crippen molar-refractivity contribution in [1.82, 2.24) is 0 Å². The number of hydrogen-bond acceptors (Lipinski definition) is 5. The average molecular weight is 174 g/mol. The second kappa shape index (κ2) is 16.0. The summed E-state index contributed by atoms with van der Waals surface area (Å²) in [6.45, 7) is 4.36. The van der Waals surface area contributed by atoms with Gasteiger partial charge < -0.3 is 8.37 Å². The molecule has 0 aliphatic heterocycles. The highest BCUT2D eigenvalue weighted by atomic mass is 32.2. The first-order valence-corrected chi connectivity index (χ1v) is 3.77. The van der Waals surface area contributed by atoms with Crippen molar-refractivity contribution >= 4 is 12.3 Å². The van der Waals surface area contributed by atoms with Crippen LogP contribution in [0.15, 0.2) is 0 Å². The predicted molar refractivity (Wildman–Crippen MR) is 41.6 cm³/mol. The van der Waals surface area contributed by atoms with Crippen molar-refractivity contribution in [3.63, 3.8) is 0 Å². The third-order valence-electron chi connectivity index (χ3n) is 0.643. The monoisotopic (exact) mass is 174 g/mol. The van der Waals surface area contributed by atoms with E-state index in [1.807, 2.05) is 0 Å². The van der Waals surface area contributed by atoms with E-state index in [4.69, 9.17) is 10.5 Å². The molecule has 5 heteroatoms. The molecule has 0 aliphatic rings. The summed E-state index contributed by atoms with van der Waals surface area (Å²) in [4.78, 5) is 0. The van der Waals surface area contributed by atoms with Gasteiger partial charge in [-0.3, -0.25) is 0 Å². The molecule has 62 valence electrons. The molecule has 0 heterocycles. The molecule has 4 nitrogen and oxygen atoms in total. The minimum atomic E-state index is 0.331. The summed E-state index contributed by atoms with van der Waals surface area (Å²) in [6, 6.07) is 0. The highest BCUT2D eigenvalue weighted by molar-refractivity contribution is 7.90. The van der Waals surface area contributed by atoms with E-state index < -0.39 is 0 Å². The summed E-state index contributed by atoms with van der Waals surface area (Å²) in [6.07, 6.45) is 5.22. The van der Waals surface area contributed by atoms with Crippen molar-refractivity contribution in [3.05, 3.63) is 0 Å². The van der Waals surface area contributed by atoms with Gasteiger partial charge in [-0.25, -0.2) is 0 Å². The summed E-state index contributed by atoms with van der Waals surface area (Å²) in [5.74, 6) is 0. The Morgan fingerprint density at radius 3 is 1.64 bits per heavy atom. The molecule has 0 bridgehead atoms. The molecular formula is C6H10N2O2S. The minimum Gasteiger partial charge on any atom is -0.311 e. The molecule has 0 unspecified atom stereocenters. The molecule has 0 N–H and O–H groups in total. The first kappa shape index (κ1) is 12.6. The fraction of sp³-hybridized carbons (Fsp3) is 0.667. The van der Waals surface area contributed by atoms with Gasteiger partial charge >= 0.3 is 24.8 Å². The van der Waals surface area contributed by atoms with E-state index in [1.165, 1.54) is 25.4 Å². The number of hydrogen-bond donors (Lipinski definition) is 0. The molecule has 0 spiro atoms. The second-order valence-electron chi connectivity index (χ2n) is 1.42. The van der Waals surface area contributed by atoms with E-state index in [0.717, 1.165) is 0 Å². The summed E-state index contributed by atoms with van der Waals surface area (Å²) in [5.41, 5.74) is 0. The van der Waals surface area contributed by atoms with Crippen LogP contribution in [0, 0.1) is 23.0 Å².